The van der Waals surface area contributed by atoms with E-state index in [4.69, 9.17) is 10.5 Å². The van der Waals surface area contributed by atoms with Crippen LogP contribution in [0.2, 0.25) is 0 Å². The van der Waals surface area contributed by atoms with Crippen LogP contribution in [-0.4, -0.2) is 43.2 Å². The molecule has 2 rings (SSSR count). The van der Waals surface area contributed by atoms with Crippen molar-refractivity contribution in [3.63, 3.8) is 0 Å². The second-order valence-electron chi connectivity index (χ2n) is 6.37. The molecule has 4 heteroatoms. The first-order valence-electron chi connectivity index (χ1n) is 6.42. The first-order valence-corrected chi connectivity index (χ1v) is 6.42. The Morgan fingerprint density at radius 2 is 1.94 bits per heavy atom. The molecule has 0 aromatic carbocycles. The molecule has 1 amide bonds. The highest BCUT2D eigenvalue weighted by Gasteiger charge is 2.69. The quantitative estimate of drug-likeness (QED) is 0.778. The van der Waals surface area contributed by atoms with Crippen molar-refractivity contribution in [3.8, 4) is 0 Å². The summed E-state index contributed by atoms with van der Waals surface area (Å²) in [4.78, 5) is 14.5. The van der Waals surface area contributed by atoms with Crippen LogP contribution < -0.4 is 5.73 Å². The molecule has 0 spiro atoms. The molecule has 4 nitrogen and oxygen atoms in total. The summed E-state index contributed by atoms with van der Waals surface area (Å²) in [5.74, 6) is 0.390. The summed E-state index contributed by atoms with van der Waals surface area (Å²) in [5, 5.41) is 0. The summed E-state index contributed by atoms with van der Waals surface area (Å²) in [6.07, 6.45) is 0. The summed E-state index contributed by atoms with van der Waals surface area (Å²) in [6, 6.07) is 0.0587. The number of hydrogen-bond acceptors (Lipinski definition) is 3. The van der Waals surface area contributed by atoms with Crippen LogP contribution in [0.1, 0.15) is 27.7 Å². The minimum absolute atomic E-state index is 0.0587. The number of hydrogen-bond donors (Lipinski definition) is 1. The largest absolute Gasteiger partial charge is 0.377 e. The van der Waals surface area contributed by atoms with Gasteiger partial charge >= 0.3 is 0 Å². The molecule has 2 N–H and O–H groups in total. The van der Waals surface area contributed by atoms with Crippen molar-refractivity contribution in [1.29, 1.82) is 0 Å². The van der Waals surface area contributed by atoms with Gasteiger partial charge in [-0.3, -0.25) is 4.79 Å². The van der Waals surface area contributed by atoms with Gasteiger partial charge in [0.05, 0.1) is 19.3 Å². The lowest BCUT2D eigenvalue weighted by Crippen LogP contribution is -2.53. The van der Waals surface area contributed by atoms with Crippen LogP contribution in [0.15, 0.2) is 0 Å². The molecule has 98 valence electrons. The zero-order valence-electron chi connectivity index (χ0n) is 11.3. The molecule has 0 radical (unpaired) electrons. The van der Waals surface area contributed by atoms with Crippen molar-refractivity contribution in [2.24, 2.45) is 22.5 Å². The Bertz CT molecular complexity index is 311. The summed E-state index contributed by atoms with van der Waals surface area (Å²) in [6.45, 7) is 11.1. The van der Waals surface area contributed by atoms with E-state index >= 15 is 0 Å². The Labute approximate surface area is 103 Å². The fraction of sp³-hybridized carbons (Fsp3) is 0.923. The van der Waals surface area contributed by atoms with E-state index in [0.29, 0.717) is 26.3 Å². The molecule has 0 aromatic rings. The average molecular weight is 240 g/mol. The summed E-state index contributed by atoms with van der Waals surface area (Å²) in [5.41, 5.74) is 5.91. The third kappa shape index (κ3) is 1.78. The molecular weight excluding hydrogens is 216 g/mol. The maximum atomic E-state index is 12.6. The van der Waals surface area contributed by atoms with Crippen LogP contribution in [0.5, 0.6) is 0 Å². The van der Waals surface area contributed by atoms with Gasteiger partial charge < -0.3 is 15.4 Å². The van der Waals surface area contributed by atoms with Gasteiger partial charge in [-0.05, 0) is 10.8 Å². The molecule has 1 aliphatic carbocycles. The van der Waals surface area contributed by atoms with Gasteiger partial charge in [0.15, 0.2) is 0 Å². The Kier molecular flexibility index (Phi) is 2.99. The Balaban J connectivity index is 2.10. The van der Waals surface area contributed by atoms with E-state index in [2.05, 4.69) is 27.7 Å². The lowest BCUT2D eigenvalue weighted by Gasteiger charge is -2.35. The smallest absolute Gasteiger partial charge is 0.227 e. The van der Waals surface area contributed by atoms with E-state index in [1.54, 1.807) is 0 Å². The maximum Gasteiger partial charge on any atom is 0.227 e. The second kappa shape index (κ2) is 3.95. The summed E-state index contributed by atoms with van der Waals surface area (Å²) >= 11 is 0. The lowest BCUT2D eigenvalue weighted by atomic mass is 10.0. The molecule has 1 aliphatic heterocycles. The normalized spacial score (nSPS) is 31.4. The van der Waals surface area contributed by atoms with Gasteiger partial charge in [0.2, 0.25) is 5.91 Å². The topological polar surface area (TPSA) is 55.6 Å². The Morgan fingerprint density at radius 1 is 1.35 bits per heavy atom. The molecule has 1 heterocycles. The molecule has 0 aromatic heterocycles. The number of carbonyl (C=O) groups is 1. The van der Waals surface area contributed by atoms with Crippen LogP contribution in [0.4, 0.5) is 0 Å². The third-order valence-corrected chi connectivity index (χ3v) is 5.05. The van der Waals surface area contributed by atoms with E-state index in [1.165, 1.54) is 0 Å². The first-order chi connectivity index (χ1) is 7.84. The van der Waals surface area contributed by atoms with Crippen molar-refractivity contribution in [3.05, 3.63) is 0 Å². The van der Waals surface area contributed by atoms with Crippen LogP contribution in [0, 0.1) is 16.7 Å². The molecule has 2 aliphatic rings. The first kappa shape index (κ1) is 12.8. The van der Waals surface area contributed by atoms with E-state index in [0.717, 1.165) is 0 Å². The summed E-state index contributed by atoms with van der Waals surface area (Å²) in [7, 11) is 0. The molecule has 17 heavy (non-hydrogen) atoms. The van der Waals surface area contributed by atoms with Gasteiger partial charge in [0.25, 0.3) is 0 Å². The predicted molar refractivity (Wildman–Crippen MR) is 66.4 cm³/mol. The Hall–Kier alpha value is -0.610. The average Bonchev–Trinajstić information content (AvgIpc) is 2.68. The second-order valence-corrected chi connectivity index (χ2v) is 6.37. The van der Waals surface area contributed by atoms with Crippen molar-refractivity contribution in [1.82, 2.24) is 4.90 Å². The molecule has 1 saturated carbocycles. The van der Waals surface area contributed by atoms with Gasteiger partial charge in [0, 0.05) is 19.0 Å². The number of nitrogens with two attached hydrogens (primary N) is 1. The van der Waals surface area contributed by atoms with Gasteiger partial charge in [0.1, 0.15) is 0 Å². The highest BCUT2D eigenvalue weighted by Crippen LogP contribution is 2.68. The fourth-order valence-corrected chi connectivity index (χ4v) is 3.12. The minimum Gasteiger partial charge on any atom is -0.377 e. The monoisotopic (exact) mass is 240 g/mol. The van der Waals surface area contributed by atoms with Gasteiger partial charge in [-0.25, -0.2) is 0 Å². The van der Waals surface area contributed by atoms with Gasteiger partial charge in [-0.1, -0.05) is 27.7 Å². The molecule has 0 bridgehead atoms. The zero-order chi connectivity index (χ0) is 12.8. The maximum absolute atomic E-state index is 12.6. The van der Waals surface area contributed by atoms with Crippen molar-refractivity contribution in [2.45, 2.75) is 33.7 Å². The number of rotatable bonds is 2. The summed E-state index contributed by atoms with van der Waals surface area (Å²) < 4.78 is 5.38. The van der Waals surface area contributed by atoms with Crippen molar-refractivity contribution >= 4 is 5.91 Å². The zero-order valence-corrected chi connectivity index (χ0v) is 11.3. The molecule has 1 atom stereocenters. The van der Waals surface area contributed by atoms with Crippen molar-refractivity contribution in [2.75, 3.05) is 26.3 Å². The molecular formula is C13H24N2O2. The SMILES string of the molecule is CC1(C)C(C(=O)N2CCOCC2CN)C1(C)C. The van der Waals surface area contributed by atoms with E-state index in [9.17, 15) is 4.79 Å². The van der Waals surface area contributed by atoms with Gasteiger partial charge in [-0.15, -0.1) is 0 Å². The lowest BCUT2D eigenvalue weighted by molar-refractivity contribution is -0.142. The number of nitrogens with zero attached hydrogens (tertiary/aromatic N) is 1. The van der Waals surface area contributed by atoms with Crippen LogP contribution in [0.25, 0.3) is 0 Å². The third-order valence-electron chi connectivity index (χ3n) is 5.05. The number of ether oxygens (including phenoxy) is 1. The molecule has 1 saturated heterocycles. The highest BCUT2D eigenvalue weighted by molar-refractivity contribution is 5.84. The highest BCUT2D eigenvalue weighted by atomic mass is 16.5. The molecule has 2 fully saturated rings. The van der Waals surface area contributed by atoms with Crippen LogP contribution >= 0.6 is 0 Å². The molecule has 1 unspecified atom stereocenters. The van der Waals surface area contributed by atoms with Gasteiger partial charge in [-0.2, -0.15) is 0 Å². The Morgan fingerprint density at radius 3 is 2.41 bits per heavy atom. The van der Waals surface area contributed by atoms with E-state index < -0.39 is 0 Å². The fourth-order valence-electron chi connectivity index (χ4n) is 3.12. The number of carbonyl (C=O) groups excluding carboxylic acids is 1. The van der Waals surface area contributed by atoms with E-state index in [-0.39, 0.29) is 28.7 Å². The van der Waals surface area contributed by atoms with Crippen LogP contribution in [-0.2, 0) is 9.53 Å². The minimum atomic E-state index is 0.0587. The van der Waals surface area contributed by atoms with Crippen LogP contribution in [0.3, 0.4) is 0 Å². The number of morpholine rings is 1. The predicted octanol–water partition coefficient (Wildman–Crippen LogP) is 0.855. The number of amides is 1. The van der Waals surface area contributed by atoms with E-state index in [1.807, 2.05) is 4.90 Å². The van der Waals surface area contributed by atoms with Crippen molar-refractivity contribution < 1.29 is 9.53 Å². The standard InChI is InChI=1S/C13H24N2O2/c1-12(2)10(13(12,3)4)11(16)15-5-6-17-8-9(15)7-14/h9-10H,5-8,14H2,1-4H3.